The van der Waals surface area contributed by atoms with Crippen molar-refractivity contribution in [3.63, 3.8) is 0 Å². The van der Waals surface area contributed by atoms with E-state index in [9.17, 15) is 5.26 Å². The van der Waals surface area contributed by atoms with Crippen molar-refractivity contribution in [1.29, 1.82) is 5.26 Å². The third-order valence-corrected chi connectivity index (χ3v) is 13.7. The van der Waals surface area contributed by atoms with E-state index in [4.69, 9.17) is 29.7 Å². The van der Waals surface area contributed by atoms with Crippen molar-refractivity contribution >= 4 is 73.0 Å². The third-order valence-electron chi connectivity index (χ3n) is 13.7. The van der Waals surface area contributed by atoms with Crippen LogP contribution in [0.2, 0.25) is 0 Å². The third kappa shape index (κ3) is 8.92. The number of fused-ring (bicyclic) bond motifs is 3. The highest BCUT2D eigenvalue weighted by atomic mass is 15.2. The highest BCUT2D eigenvalue weighted by Gasteiger charge is 2.21. The molecule has 2 heterocycles. The molecule has 0 unspecified atom stereocenters. The van der Waals surface area contributed by atoms with Crippen molar-refractivity contribution in [2.45, 2.75) is 0 Å². The highest BCUT2D eigenvalue weighted by molar-refractivity contribution is 6.12. The van der Waals surface area contributed by atoms with E-state index in [1.807, 2.05) is 103 Å². The number of aromatic nitrogens is 3. The van der Waals surface area contributed by atoms with Crippen LogP contribution < -0.4 is 9.80 Å². The highest BCUT2D eigenvalue weighted by Crippen LogP contribution is 2.44. The molecule has 12 aromatic rings. The number of hydrogen-bond donors (Lipinski definition) is 0. The van der Waals surface area contributed by atoms with Gasteiger partial charge in [0.05, 0.1) is 53.8 Å². The summed E-state index contributed by atoms with van der Waals surface area (Å²) in [5.41, 5.74) is 16.4. The van der Waals surface area contributed by atoms with E-state index >= 15 is 0 Å². The molecule has 358 valence electrons. The van der Waals surface area contributed by atoms with Gasteiger partial charge in [-0.15, -0.1) is 0 Å². The molecule has 0 saturated heterocycles. The molecule has 0 fully saturated rings. The first-order chi connectivity index (χ1) is 38.0. The first-order valence-electron chi connectivity index (χ1n) is 24.8. The van der Waals surface area contributed by atoms with Gasteiger partial charge in [0.1, 0.15) is 5.82 Å². The summed E-state index contributed by atoms with van der Waals surface area (Å²) in [6, 6.07) is 85.0. The monoisotopic (exact) mass is 983 g/mol. The van der Waals surface area contributed by atoms with Gasteiger partial charge in [0.2, 0.25) is 0 Å². The Hall–Kier alpha value is -11.4. The number of hydrogen-bond acceptors (Lipinski definition) is 5. The predicted molar refractivity (Wildman–Crippen MR) is 311 cm³/mol. The molecule has 0 bridgehead atoms. The minimum atomic E-state index is 0.418. The Labute approximate surface area is 445 Å². The average molecular weight is 984 g/mol. The van der Waals surface area contributed by atoms with E-state index in [-0.39, 0.29) is 0 Å². The zero-order valence-corrected chi connectivity index (χ0v) is 41.2. The van der Waals surface area contributed by atoms with Crippen LogP contribution in [0.4, 0.5) is 51.2 Å². The molecule has 0 radical (unpaired) electrons. The largest absolute Gasteiger partial charge is 0.311 e. The maximum Gasteiger partial charge on any atom is 0.198 e. The number of nitrogens with zero attached hydrogens (tertiary/aromatic N) is 9. The van der Waals surface area contributed by atoms with E-state index in [1.165, 1.54) is 0 Å². The standard InChI is InChI=1S/C68H41N9/c1-70-50-30-36-54(37-31-50)76(53-32-22-46(45-69)23-33-53)57-39-41-67-61(43-57)60-42-56(75(51-14-6-4-7-15-51)52-16-8-5-9-17-52)38-40-66(60)77(67)55-34-28-48(29-35-55)47-24-26-49(27-25-47)64-44-65(58-18-10-12-20-62(58)71-2)74-68(73-64)59-19-11-13-21-63(59)72-3/h4-44H. The van der Waals surface area contributed by atoms with Crippen molar-refractivity contribution in [2.24, 2.45) is 0 Å². The maximum absolute atomic E-state index is 9.69. The molecule has 0 atom stereocenters. The summed E-state index contributed by atoms with van der Waals surface area (Å²) in [5.74, 6) is 0.418. The number of rotatable bonds is 11. The minimum absolute atomic E-state index is 0.418. The Morgan fingerprint density at radius 3 is 1.36 bits per heavy atom. The summed E-state index contributed by atoms with van der Waals surface area (Å²) in [6.45, 7) is 23.3. The summed E-state index contributed by atoms with van der Waals surface area (Å²) < 4.78 is 2.32. The van der Waals surface area contributed by atoms with Gasteiger partial charge in [0, 0.05) is 67.3 Å². The van der Waals surface area contributed by atoms with Crippen molar-refractivity contribution in [1.82, 2.24) is 14.5 Å². The van der Waals surface area contributed by atoms with Crippen LogP contribution in [0.15, 0.2) is 249 Å². The smallest absolute Gasteiger partial charge is 0.198 e. The number of benzene rings is 10. The van der Waals surface area contributed by atoms with Gasteiger partial charge < -0.3 is 14.4 Å². The number of nitriles is 1. The SMILES string of the molecule is [C-]#[N+]c1ccc(N(c2ccc(C#N)cc2)c2ccc3c(c2)c2cc(N(c4ccccc4)c4ccccc4)ccc2n3-c2ccc(-c3ccc(-c4cc(-c5ccccc5[N+]#[C-])nc(-c5ccccc5[N+]#[C-])n4)cc3)cc2)cc1. The van der Waals surface area contributed by atoms with Gasteiger partial charge in [-0.1, -0.05) is 133 Å². The fraction of sp³-hybridized carbons (Fsp3) is 0. The predicted octanol–water partition coefficient (Wildman–Crippen LogP) is 18.7. The van der Waals surface area contributed by atoms with Crippen molar-refractivity contribution in [3.05, 3.63) is 289 Å². The lowest BCUT2D eigenvalue weighted by molar-refractivity contribution is 1.18. The van der Waals surface area contributed by atoms with Crippen LogP contribution in [0, 0.1) is 31.0 Å². The first-order valence-corrected chi connectivity index (χ1v) is 24.8. The van der Waals surface area contributed by atoms with Crippen LogP contribution in [-0.4, -0.2) is 14.5 Å². The van der Waals surface area contributed by atoms with E-state index in [1.54, 1.807) is 12.1 Å². The van der Waals surface area contributed by atoms with Gasteiger partial charge in [-0.25, -0.2) is 24.5 Å². The molecule has 0 spiro atoms. The van der Waals surface area contributed by atoms with Crippen molar-refractivity contribution < 1.29 is 0 Å². The molecule has 0 aliphatic heterocycles. The molecule has 9 nitrogen and oxygen atoms in total. The number of para-hydroxylation sites is 4. The molecule has 0 amide bonds. The quantitative estimate of drug-likeness (QED) is 0.121. The van der Waals surface area contributed by atoms with Crippen LogP contribution >= 0.6 is 0 Å². The second-order valence-corrected chi connectivity index (χ2v) is 18.2. The lowest BCUT2D eigenvalue weighted by Gasteiger charge is -2.26. The van der Waals surface area contributed by atoms with E-state index < -0.39 is 0 Å². The van der Waals surface area contributed by atoms with E-state index in [0.29, 0.717) is 51.0 Å². The van der Waals surface area contributed by atoms with Gasteiger partial charge in [-0.2, -0.15) is 5.26 Å². The fourth-order valence-electron chi connectivity index (χ4n) is 10.0. The number of anilines is 6. The summed E-state index contributed by atoms with van der Waals surface area (Å²) in [7, 11) is 0. The molecular weight excluding hydrogens is 943 g/mol. The summed E-state index contributed by atoms with van der Waals surface area (Å²) >= 11 is 0. The molecule has 0 N–H and O–H groups in total. The Morgan fingerprint density at radius 1 is 0.390 bits per heavy atom. The average Bonchev–Trinajstić information content (AvgIpc) is 3.99. The fourth-order valence-corrected chi connectivity index (χ4v) is 10.0. The van der Waals surface area contributed by atoms with E-state index in [2.05, 4.69) is 168 Å². The molecule has 10 aromatic carbocycles. The summed E-state index contributed by atoms with van der Waals surface area (Å²) in [5, 5.41) is 11.8. The maximum atomic E-state index is 9.69. The minimum Gasteiger partial charge on any atom is -0.311 e. The summed E-state index contributed by atoms with van der Waals surface area (Å²) in [6.07, 6.45) is 0. The van der Waals surface area contributed by atoms with Crippen LogP contribution in [0.25, 0.3) is 87.1 Å². The molecule has 0 aliphatic rings. The van der Waals surface area contributed by atoms with Gasteiger partial charge in [-0.05, 0) is 126 Å². The van der Waals surface area contributed by atoms with Gasteiger partial charge >= 0.3 is 0 Å². The van der Waals surface area contributed by atoms with Crippen LogP contribution in [-0.2, 0) is 0 Å². The molecule has 0 saturated carbocycles. The lowest BCUT2D eigenvalue weighted by atomic mass is 10.0. The topological polar surface area (TPSA) is 74.1 Å². The molecule has 12 rings (SSSR count). The zero-order chi connectivity index (χ0) is 52.2. The Morgan fingerprint density at radius 2 is 0.831 bits per heavy atom. The lowest BCUT2D eigenvalue weighted by Crippen LogP contribution is -2.10. The van der Waals surface area contributed by atoms with Crippen LogP contribution in [0.1, 0.15) is 5.56 Å². The van der Waals surface area contributed by atoms with Crippen molar-refractivity contribution in [3.8, 4) is 56.8 Å². The van der Waals surface area contributed by atoms with E-state index in [0.717, 1.165) is 78.3 Å². The second-order valence-electron chi connectivity index (χ2n) is 18.2. The molecule has 0 aliphatic carbocycles. The molecular formula is C68H41N9. The molecule has 9 heteroatoms. The van der Waals surface area contributed by atoms with Gasteiger partial charge in [-0.3, -0.25) is 0 Å². The van der Waals surface area contributed by atoms with Crippen molar-refractivity contribution in [2.75, 3.05) is 9.80 Å². The Kier molecular flexibility index (Phi) is 12.3. The van der Waals surface area contributed by atoms with Crippen LogP contribution in [0.5, 0.6) is 0 Å². The first kappa shape index (κ1) is 46.7. The summed E-state index contributed by atoms with van der Waals surface area (Å²) in [4.78, 5) is 25.5. The van der Waals surface area contributed by atoms with Crippen LogP contribution in [0.3, 0.4) is 0 Å². The Balaban J connectivity index is 0.964. The zero-order valence-electron chi connectivity index (χ0n) is 41.2. The second kappa shape index (κ2) is 20.3. The Bertz CT molecular complexity index is 4180. The molecule has 2 aromatic heterocycles. The normalized spacial score (nSPS) is 10.8. The van der Waals surface area contributed by atoms with Gasteiger partial charge in [0.25, 0.3) is 0 Å². The molecule has 77 heavy (non-hydrogen) atoms. The van der Waals surface area contributed by atoms with Gasteiger partial charge in [0.15, 0.2) is 17.1 Å².